The molecule has 0 fully saturated rings. The van der Waals surface area contributed by atoms with Gasteiger partial charge in [-0.3, -0.25) is 9.36 Å². The second-order valence-corrected chi connectivity index (χ2v) is 9.65. The van der Waals surface area contributed by atoms with E-state index in [0.29, 0.717) is 37.7 Å². The van der Waals surface area contributed by atoms with Gasteiger partial charge in [0.25, 0.3) is 5.56 Å². The number of thiazole rings is 1. The van der Waals surface area contributed by atoms with Crippen molar-refractivity contribution in [2.45, 2.75) is 32.9 Å². The summed E-state index contributed by atoms with van der Waals surface area (Å²) in [5, 5.41) is 1.92. The van der Waals surface area contributed by atoms with Crippen LogP contribution in [0.25, 0.3) is 6.08 Å². The molecule has 1 atom stereocenters. The highest BCUT2D eigenvalue weighted by molar-refractivity contribution is 7.10. The summed E-state index contributed by atoms with van der Waals surface area (Å²) in [4.78, 5) is 32.6. The molecule has 3 heterocycles. The molecule has 2 aromatic heterocycles. The number of thiophene rings is 1. The van der Waals surface area contributed by atoms with Crippen LogP contribution in [0.15, 0.2) is 56.8 Å². The monoisotopic (exact) mass is 484 g/mol. The molecule has 0 saturated heterocycles. The zero-order valence-electron chi connectivity index (χ0n) is 18.9. The fourth-order valence-corrected chi connectivity index (χ4v) is 5.53. The number of benzene rings is 1. The van der Waals surface area contributed by atoms with Crippen molar-refractivity contribution in [1.29, 1.82) is 0 Å². The standard InChI is InChI=1S/C24H24N2O5S2/c1-13(2)31-23(28)20-14(3)25-24-26(21(20)18-7-6-10-32-18)22(27)19(33-24)12-15-11-16(29-4)8-9-17(15)30-5/h6-13,21H,1-5H3/b19-12+/t21-/m0/s1. The van der Waals surface area contributed by atoms with Crippen LogP contribution in [0, 0.1) is 0 Å². The van der Waals surface area contributed by atoms with E-state index in [1.807, 2.05) is 23.6 Å². The zero-order valence-corrected chi connectivity index (χ0v) is 20.6. The average Bonchev–Trinajstić information content (AvgIpc) is 3.41. The molecule has 1 aliphatic heterocycles. The Balaban J connectivity index is 1.93. The number of nitrogens with zero attached hydrogens (tertiary/aromatic N) is 2. The summed E-state index contributed by atoms with van der Waals surface area (Å²) in [7, 11) is 3.16. The van der Waals surface area contributed by atoms with Crippen LogP contribution in [0.4, 0.5) is 0 Å². The van der Waals surface area contributed by atoms with Gasteiger partial charge in [0.05, 0.1) is 36.1 Å². The lowest BCUT2D eigenvalue weighted by molar-refractivity contribution is -0.143. The van der Waals surface area contributed by atoms with Gasteiger partial charge in [-0.05, 0) is 56.5 Å². The van der Waals surface area contributed by atoms with Gasteiger partial charge in [0.2, 0.25) is 0 Å². The second-order valence-electron chi connectivity index (χ2n) is 7.66. The number of methoxy groups -OCH3 is 2. The Morgan fingerprint density at radius 2 is 2.00 bits per heavy atom. The molecule has 9 heteroatoms. The van der Waals surface area contributed by atoms with Gasteiger partial charge in [0.15, 0.2) is 4.80 Å². The smallest absolute Gasteiger partial charge is 0.338 e. The minimum Gasteiger partial charge on any atom is -0.497 e. The SMILES string of the molecule is COc1ccc(OC)c(/C=c2/sc3n(c2=O)[C@@H](c2cccs2)C(C(=O)OC(C)C)=C(C)N=3)c1. The van der Waals surface area contributed by atoms with Gasteiger partial charge in [0, 0.05) is 10.4 Å². The van der Waals surface area contributed by atoms with Crippen LogP contribution in [0.5, 0.6) is 11.5 Å². The molecule has 0 unspecified atom stereocenters. The lowest BCUT2D eigenvalue weighted by Gasteiger charge is -2.24. The number of ether oxygens (including phenoxy) is 3. The normalized spacial score (nSPS) is 15.9. The summed E-state index contributed by atoms with van der Waals surface area (Å²) < 4.78 is 18.3. The topological polar surface area (TPSA) is 79.1 Å². The lowest BCUT2D eigenvalue weighted by atomic mass is 10.0. The maximum Gasteiger partial charge on any atom is 0.338 e. The zero-order chi connectivity index (χ0) is 23.7. The molecule has 172 valence electrons. The third-order valence-electron chi connectivity index (χ3n) is 5.12. The molecule has 0 radical (unpaired) electrons. The molecule has 1 aromatic carbocycles. The first-order valence-corrected chi connectivity index (χ1v) is 12.0. The van der Waals surface area contributed by atoms with Gasteiger partial charge >= 0.3 is 5.97 Å². The van der Waals surface area contributed by atoms with Gasteiger partial charge in [0.1, 0.15) is 17.5 Å². The number of fused-ring (bicyclic) bond motifs is 1. The lowest BCUT2D eigenvalue weighted by Crippen LogP contribution is -2.39. The predicted octanol–water partition coefficient (Wildman–Crippen LogP) is 3.27. The van der Waals surface area contributed by atoms with E-state index in [4.69, 9.17) is 14.2 Å². The van der Waals surface area contributed by atoms with Crippen molar-refractivity contribution in [1.82, 2.24) is 4.57 Å². The van der Waals surface area contributed by atoms with Crippen LogP contribution in [0.1, 0.15) is 37.3 Å². The molecule has 0 saturated carbocycles. The van der Waals surface area contributed by atoms with E-state index < -0.39 is 12.0 Å². The Kier molecular flexibility index (Phi) is 6.53. The summed E-state index contributed by atoms with van der Waals surface area (Å²) in [5.41, 5.74) is 1.41. The highest BCUT2D eigenvalue weighted by Crippen LogP contribution is 2.33. The van der Waals surface area contributed by atoms with Crippen LogP contribution in [-0.2, 0) is 9.53 Å². The Morgan fingerprint density at radius 1 is 1.21 bits per heavy atom. The molecule has 3 aromatic rings. The van der Waals surface area contributed by atoms with Crippen molar-refractivity contribution in [3.63, 3.8) is 0 Å². The Morgan fingerprint density at radius 3 is 2.64 bits per heavy atom. The fraction of sp³-hybridized carbons (Fsp3) is 0.292. The molecule has 0 spiro atoms. The molecule has 33 heavy (non-hydrogen) atoms. The molecule has 0 amide bonds. The summed E-state index contributed by atoms with van der Waals surface area (Å²) in [5.74, 6) is 0.808. The fourth-order valence-electron chi connectivity index (χ4n) is 3.67. The maximum absolute atomic E-state index is 13.6. The number of aromatic nitrogens is 1. The third-order valence-corrected chi connectivity index (χ3v) is 7.03. The highest BCUT2D eigenvalue weighted by atomic mass is 32.1. The molecule has 4 rings (SSSR count). The van der Waals surface area contributed by atoms with Crippen molar-refractivity contribution >= 4 is 34.7 Å². The first kappa shape index (κ1) is 23.0. The number of hydrogen-bond donors (Lipinski definition) is 0. The van der Waals surface area contributed by atoms with Crippen LogP contribution >= 0.6 is 22.7 Å². The van der Waals surface area contributed by atoms with Gasteiger partial charge in [-0.1, -0.05) is 17.4 Å². The molecular formula is C24H24N2O5S2. The molecule has 7 nitrogen and oxygen atoms in total. The van der Waals surface area contributed by atoms with Crippen LogP contribution in [0.2, 0.25) is 0 Å². The average molecular weight is 485 g/mol. The minimum absolute atomic E-state index is 0.232. The van der Waals surface area contributed by atoms with Crippen molar-refractivity contribution < 1.29 is 19.0 Å². The van der Waals surface area contributed by atoms with Crippen molar-refractivity contribution in [3.05, 3.63) is 77.1 Å². The number of allylic oxidation sites excluding steroid dienone is 1. The van der Waals surface area contributed by atoms with Gasteiger partial charge < -0.3 is 14.2 Å². The van der Waals surface area contributed by atoms with E-state index in [1.54, 1.807) is 57.8 Å². The third kappa shape index (κ3) is 4.38. The summed E-state index contributed by atoms with van der Waals surface area (Å²) >= 11 is 2.75. The number of hydrogen-bond acceptors (Lipinski definition) is 8. The quantitative estimate of drug-likeness (QED) is 0.502. The largest absolute Gasteiger partial charge is 0.497 e. The number of rotatable bonds is 6. The summed E-state index contributed by atoms with van der Waals surface area (Å²) in [6.07, 6.45) is 1.48. The van der Waals surface area contributed by atoms with Crippen LogP contribution in [-0.4, -0.2) is 30.9 Å². The van der Waals surface area contributed by atoms with E-state index in [-0.39, 0.29) is 11.7 Å². The van der Waals surface area contributed by atoms with Crippen molar-refractivity contribution in [2.24, 2.45) is 4.99 Å². The minimum atomic E-state index is -0.596. The maximum atomic E-state index is 13.6. The summed E-state index contributed by atoms with van der Waals surface area (Å²) in [6, 6.07) is 8.62. The van der Waals surface area contributed by atoms with E-state index in [2.05, 4.69) is 4.99 Å². The number of carbonyl (C=O) groups is 1. The predicted molar refractivity (Wildman–Crippen MR) is 129 cm³/mol. The van der Waals surface area contributed by atoms with Gasteiger partial charge in [-0.2, -0.15) is 0 Å². The molecule has 1 aliphatic rings. The van der Waals surface area contributed by atoms with Crippen molar-refractivity contribution in [3.8, 4) is 11.5 Å². The number of esters is 1. The molecular weight excluding hydrogens is 460 g/mol. The Hall–Kier alpha value is -3.17. The molecule has 0 bridgehead atoms. The van der Waals surface area contributed by atoms with E-state index in [9.17, 15) is 9.59 Å². The Labute approximate surface area is 198 Å². The van der Waals surface area contributed by atoms with Crippen molar-refractivity contribution in [2.75, 3.05) is 14.2 Å². The van der Waals surface area contributed by atoms with Gasteiger partial charge in [-0.25, -0.2) is 9.79 Å². The van der Waals surface area contributed by atoms with Crippen LogP contribution < -0.4 is 24.4 Å². The molecule has 0 aliphatic carbocycles. The van der Waals surface area contributed by atoms with Crippen LogP contribution in [0.3, 0.4) is 0 Å². The highest BCUT2D eigenvalue weighted by Gasteiger charge is 2.34. The first-order valence-electron chi connectivity index (χ1n) is 10.3. The van der Waals surface area contributed by atoms with Gasteiger partial charge in [-0.15, -0.1) is 11.3 Å². The second kappa shape index (κ2) is 9.36. The van der Waals surface area contributed by atoms with E-state index in [0.717, 1.165) is 4.88 Å². The van der Waals surface area contributed by atoms with E-state index in [1.165, 1.54) is 22.7 Å². The summed E-state index contributed by atoms with van der Waals surface area (Å²) in [6.45, 7) is 5.37. The first-order chi connectivity index (χ1) is 15.8. The Bertz CT molecular complexity index is 1400. The number of carbonyl (C=O) groups excluding carboxylic acids is 1. The molecule has 0 N–H and O–H groups in total. The van der Waals surface area contributed by atoms with E-state index >= 15 is 0 Å².